The molecule has 0 rings (SSSR count). The monoisotopic (exact) mass is 191 g/mol. The van der Waals surface area contributed by atoms with Crippen molar-refractivity contribution in [3.63, 3.8) is 0 Å². The molecule has 0 aliphatic rings. The molecule has 0 bridgehead atoms. The molecule has 0 saturated heterocycles. The van der Waals surface area contributed by atoms with Crippen molar-refractivity contribution in [2.75, 3.05) is 6.54 Å². The summed E-state index contributed by atoms with van der Waals surface area (Å²) in [4.78, 5) is 7.74. The van der Waals surface area contributed by atoms with Gasteiger partial charge in [0.05, 0.1) is 6.01 Å². The molecule has 0 heterocycles. The highest BCUT2D eigenvalue weighted by Gasteiger charge is 2.00. The van der Waals surface area contributed by atoms with Crippen LogP contribution in [-0.4, -0.2) is 18.7 Å². The van der Waals surface area contributed by atoms with Crippen LogP contribution in [0.4, 0.5) is 0 Å². The molecule has 0 radical (unpaired) electrons. The van der Waals surface area contributed by atoms with Gasteiger partial charge in [-0.15, -0.1) is 12.4 Å². The van der Waals surface area contributed by atoms with Crippen LogP contribution in [0, 0.1) is 5.92 Å². The summed E-state index contributed by atoms with van der Waals surface area (Å²) >= 11 is 0. The normalized spacial score (nSPS) is 11.4. The molecule has 0 aromatic rings. The first-order chi connectivity index (χ1) is 5.16. The molecule has 0 aliphatic carbocycles. The fourth-order valence-electron chi connectivity index (χ4n) is 0.721. The third-order valence-corrected chi connectivity index (χ3v) is 1.17. The van der Waals surface area contributed by atoms with E-state index in [0.717, 1.165) is 13.0 Å². The molecular formula is C8H18ClN3. The molecule has 0 unspecified atom stereocenters. The number of hydrogen-bond acceptors (Lipinski definition) is 3. The minimum atomic E-state index is -0.134. The van der Waals surface area contributed by atoms with Crippen molar-refractivity contribution >= 4 is 18.4 Å². The van der Waals surface area contributed by atoms with Crippen molar-refractivity contribution in [1.82, 2.24) is 0 Å². The second-order valence-electron chi connectivity index (χ2n) is 2.90. The standard InChI is InChI=1S/C8H17N3.ClH/c1-4-10-6-11-8(9)5-7(2)3;/h7-8H,4-5,9H2,1-3H3;1H/t8-;/m1./s1. The molecule has 0 fully saturated rings. The van der Waals surface area contributed by atoms with Crippen LogP contribution in [0.25, 0.3) is 0 Å². The lowest BCUT2D eigenvalue weighted by atomic mass is 10.1. The van der Waals surface area contributed by atoms with E-state index in [1.54, 1.807) is 0 Å². The summed E-state index contributed by atoms with van der Waals surface area (Å²) < 4.78 is 0. The summed E-state index contributed by atoms with van der Waals surface area (Å²) in [6.07, 6.45) is 0.761. The van der Waals surface area contributed by atoms with Gasteiger partial charge in [0.2, 0.25) is 0 Å². The summed E-state index contributed by atoms with van der Waals surface area (Å²) in [7, 11) is 0. The Bertz CT molecular complexity index is 150. The molecule has 0 saturated carbocycles. The Labute approximate surface area is 80.6 Å². The van der Waals surface area contributed by atoms with Gasteiger partial charge in [-0.1, -0.05) is 13.8 Å². The molecule has 4 heteroatoms. The van der Waals surface area contributed by atoms with Gasteiger partial charge in [0.1, 0.15) is 6.17 Å². The smallest absolute Gasteiger partial charge is 0.108 e. The van der Waals surface area contributed by atoms with Crippen LogP contribution in [0.15, 0.2) is 9.98 Å². The SMILES string of the molecule is CCN=C=N[C@@H](N)CC(C)C.Cl. The summed E-state index contributed by atoms with van der Waals surface area (Å²) in [6.45, 7) is 6.90. The van der Waals surface area contributed by atoms with Crippen LogP contribution in [0.3, 0.4) is 0 Å². The lowest BCUT2D eigenvalue weighted by Crippen LogP contribution is -2.18. The number of aliphatic imine (C=N–C) groups is 2. The van der Waals surface area contributed by atoms with Crippen molar-refractivity contribution in [2.24, 2.45) is 21.6 Å². The van der Waals surface area contributed by atoms with Gasteiger partial charge in [0.15, 0.2) is 0 Å². The highest BCUT2D eigenvalue weighted by Crippen LogP contribution is 2.02. The van der Waals surface area contributed by atoms with Crippen molar-refractivity contribution in [3.8, 4) is 0 Å². The van der Waals surface area contributed by atoms with E-state index < -0.39 is 0 Å². The number of hydrogen-bond donors (Lipinski definition) is 1. The highest BCUT2D eigenvalue weighted by molar-refractivity contribution is 5.85. The quantitative estimate of drug-likeness (QED) is 0.679. The van der Waals surface area contributed by atoms with E-state index in [1.165, 1.54) is 0 Å². The van der Waals surface area contributed by atoms with Gasteiger partial charge in [0.25, 0.3) is 0 Å². The molecule has 0 aromatic heterocycles. The van der Waals surface area contributed by atoms with Crippen LogP contribution in [0.5, 0.6) is 0 Å². The minimum absolute atomic E-state index is 0. The molecule has 72 valence electrons. The lowest BCUT2D eigenvalue weighted by molar-refractivity contribution is 0.509. The second kappa shape index (κ2) is 8.72. The first kappa shape index (κ1) is 14.2. The maximum Gasteiger partial charge on any atom is 0.108 e. The molecule has 3 nitrogen and oxygen atoms in total. The average Bonchev–Trinajstić information content (AvgIpc) is 1.86. The molecular weight excluding hydrogens is 174 g/mol. The highest BCUT2D eigenvalue weighted by atomic mass is 35.5. The fraction of sp³-hybridized carbons (Fsp3) is 0.875. The zero-order valence-electron chi connectivity index (χ0n) is 7.95. The average molecular weight is 192 g/mol. The summed E-state index contributed by atoms with van der Waals surface area (Å²) in [5, 5.41) is 0. The number of nitrogens with zero attached hydrogens (tertiary/aromatic N) is 2. The number of nitrogens with two attached hydrogens (primary N) is 1. The van der Waals surface area contributed by atoms with Gasteiger partial charge in [0, 0.05) is 6.54 Å². The Hall–Kier alpha value is -0.370. The van der Waals surface area contributed by atoms with Gasteiger partial charge < -0.3 is 5.73 Å². The van der Waals surface area contributed by atoms with Crippen LogP contribution in [0.2, 0.25) is 0 Å². The minimum Gasteiger partial charge on any atom is -0.309 e. The molecule has 0 aliphatic heterocycles. The van der Waals surface area contributed by atoms with Gasteiger partial charge in [-0.3, -0.25) is 0 Å². The maximum absolute atomic E-state index is 5.63. The Balaban J connectivity index is 0. The van der Waals surface area contributed by atoms with E-state index in [9.17, 15) is 0 Å². The van der Waals surface area contributed by atoms with Crippen LogP contribution >= 0.6 is 12.4 Å². The number of rotatable bonds is 4. The van der Waals surface area contributed by atoms with Gasteiger partial charge in [-0.25, -0.2) is 9.98 Å². The first-order valence-corrected chi connectivity index (χ1v) is 4.03. The maximum atomic E-state index is 5.63. The largest absolute Gasteiger partial charge is 0.309 e. The lowest BCUT2D eigenvalue weighted by Gasteiger charge is -2.05. The summed E-state index contributed by atoms with van der Waals surface area (Å²) in [6, 6.07) is 2.57. The molecule has 0 aromatic carbocycles. The predicted octanol–water partition coefficient (Wildman–Crippen LogP) is 1.93. The van der Waals surface area contributed by atoms with E-state index in [4.69, 9.17) is 5.73 Å². The summed E-state index contributed by atoms with van der Waals surface area (Å²) in [5.41, 5.74) is 5.63. The zero-order chi connectivity index (χ0) is 8.69. The molecule has 1 atom stereocenters. The Morgan fingerprint density at radius 3 is 2.42 bits per heavy atom. The van der Waals surface area contributed by atoms with Gasteiger partial charge >= 0.3 is 0 Å². The van der Waals surface area contributed by atoms with Gasteiger partial charge in [-0.05, 0) is 19.3 Å². The molecule has 12 heavy (non-hydrogen) atoms. The van der Waals surface area contributed by atoms with E-state index in [1.807, 2.05) is 6.92 Å². The fourth-order valence-corrected chi connectivity index (χ4v) is 0.721. The topological polar surface area (TPSA) is 50.7 Å². The molecule has 2 N–H and O–H groups in total. The third-order valence-electron chi connectivity index (χ3n) is 1.17. The number of halogens is 1. The van der Waals surface area contributed by atoms with Crippen LogP contribution < -0.4 is 5.73 Å². The first-order valence-electron chi connectivity index (χ1n) is 4.03. The summed E-state index contributed by atoms with van der Waals surface area (Å²) in [5.74, 6) is 0.581. The van der Waals surface area contributed by atoms with Crippen LogP contribution in [0.1, 0.15) is 27.2 Å². The third kappa shape index (κ3) is 9.63. The Morgan fingerprint density at radius 1 is 1.42 bits per heavy atom. The zero-order valence-corrected chi connectivity index (χ0v) is 8.77. The van der Waals surface area contributed by atoms with E-state index >= 15 is 0 Å². The van der Waals surface area contributed by atoms with Crippen molar-refractivity contribution in [2.45, 2.75) is 33.4 Å². The van der Waals surface area contributed by atoms with Crippen LogP contribution in [-0.2, 0) is 0 Å². The Morgan fingerprint density at radius 2 is 2.00 bits per heavy atom. The van der Waals surface area contributed by atoms with Crippen molar-refractivity contribution in [3.05, 3.63) is 0 Å². The predicted molar refractivity (Wildman–Crippen MR) is 55.1 cm³/mol. The van der Waals surface area contributed by atoms with E-state index in [0.29, 0.717) is 5.92 Å². The van der Waals surface area contributed by atoms with E-state index in [2.05, 4.69) is 29.8 Å². The molecule has 0 spiro atoms. The van der Waals surface area contributed by atoms with Gasteiger partial charge in [-0.2, -0.15) is 0 Å². The van der Waals surface area contributed by atoms with Crippen molar-refractivity contribution < 1.29 is 0 Å². The second-order valence-corrected chi connectivity index (χ2v) is 2.90. The Kier molecular flexibility index (Phi) is 10.3. The van der Waals surface area contributed by atoms with Crippen molar-refractivity contribution in [1.29, 1.82) is 0 Å². The molecule has 0 amide bonds. The van der Waals surface area contributed by atoms with E-state index in [-0.39, 0.29) is 18.6 Å².